The number of fused-ring (bicyclic) bond motifs is 1. The quantitative estimate of drug-likeness (QED) is 0.129. The molecule has 0 N–H and O–H groups in total. The van der Waals surface area contributed by atoms with Crippen molar-refractivity contribution in [1.29, 1.82) is 0 Å². The number of benzene rings is 9. The summed E-state index contributed by atoms with van der Waals surface area (Å²) in [5, 5.41) is 2.27. The first-order valence-electron chi connectivity index (χ1n) is 22.4. The Hall–Kier alpha value is -8.53. The minimum Gasteiger partial charge on any atom is -0.311 e. The fourth-order valence-corrected chi connectivity index (χ4v) is 8.41. The first kappa shape index (κ1) is 42.8. The van der Waals surface area contributed by atoms with Crippen LogP contribution in [0.4, 0.5) is 34.1 Å². The van der Waals surface area contributed by atoms with E-state index in [0.717, 1.165) is 61.6 Å². The molecule has 1 heterocycles. The van der Waals surface area contributed by atoms with E-state index in [0.29, 0.717) is 0 Å². The van der Waals surface area contributed by atoms with E-state index in [1.165, 1.54) is 33.4 Å². The van der Waals surface area contributed by atoms with Gasteiger partial charge in [0.05, 0.1) is 11.9 Å². The molecule has 0 unspecified atom stereocenters. The highest BCUT2D eigenvalue weighted by atomic mass is 15.2. The minimum atomic E-state index is 1.05. The molecule has 0 fully saturated rings. The zero-order valence-electron chi connectivity index (χ0n) is 37.4. The van der Waals surface area contributed by atoms with Crippen molar-refractivity contribution in [3.8, 4) is 33.4 Å². The minimum absolute atomic E-state index is 1.05. The van der Waals surface area contributed by atoms with Crippen molar-refractivity contribution in [2.24, 2.45) is 0 Å². The molecule has 9 aromatic carbocycles. The van der Waals surface area contributed by atoms with Crippen LogP contribution in [-0.4, -0.2) is 4.98 Å². The molecule has 0 bridgehead atoms. The zero-order chi connectivity index (χ0) is 45.1. The molecule has 10 aromatic rings. The molecule has 3 heteroatoms. The third-order valence-corrected chi connectivity index (χ3v) is 11.7. The van der Waals surface area contributed by atoms with E-state index in [4.69, 9.17) is 0 Å². The molecule has 1 aromatic heterocycles. The number of aromatic nitrogens is 1. The fraction of sp³-hybridized carbons (Fsp3) is 0.0317. The molecular weight excluding hydrogens is 799 g/mol. The van der Waals surface area contributed by atoms with Gasteiger partial charge < -0.3 is 9.80 Å². The lowest BCUT2D eigenvalue weighted by atomic mass is 10.0. The molecule has 0 radical (unpaired) electrons. The average Bonchev–Trinajstić information content (AvgIpc) is 3.39. The molecule has 3 nitrogen and oxygen atoms in total. The van der Waals surface area contributed by atoms with Crippen LogP contribution in [0.3, 0.4) is 0 Å². The summed E-state index contributed by atoms with van der Waals surface area (Å²) in [5.41, 5.74) is 17.2. The second-order valence-electron chi connectivity index (χ2n) is 16.2. The van der Waals surface area contributed by atoms with Gasteiger partial charge in [0.15, 0.2) is 0 Å². The molecule has 0 aliphatic carbocycles. The topological polar surface area (TPSA) is 19.4 Å². The lowest BCUT2D eigenvalue weighted by Gasteiger charge is -2.27. The van der Waals surface area contributed by atoms with Crippen molar-refractivity contribution in [3.63, 3.8) is 0 Å². The molecule has 0 spiro atoms. The maximum Gasteiger partial charge on any atom is 0.0723 e. The van der Waals surface area contributed by atoms with E-state index in [1.54, 1.807) is 0 Å². The molecule has 0 aliphatic heterocycles. The van der Waals surface area contributed by atoms with Crippen LogP contribution in [-0.2, 0) is 0 Å². The predicted octanol–water partition coefficient (Wildman–Crippen LogP) is 17.9. The van der Waals surface area contributed by atoms with Gasteiger partial charge in [-0.1, -0.05) is 200 Å². The molecule has 0 atom stereocenters. The summed E-state index contributed by atoms with van der Waals surface area (Å²) in [7, 11) is 0. The van der Waals surface area contributed by atoms with Crippen molar-refractivity contribution < 1.29 is 0 Å². The Bertz CT molecular complexity index is 3090. The Morgan fingerprint density at radius 2 is 0.773 bits per heavy atom. The monoisotopic (exact) mass is 849 g/mol. The van der Waals surface area contributed by atoms with E-state index < -0.39 is 0 Å². The maximum atomic E-state index is 4.61. The molecule has 318 valence electrons. The number of rotatable bonds is 11. The van der Waals surface area contributed by atoms with Crippen LogP contribution >= 0.6 is 0 Å². The lowest BCUT2D eigenvalue weighted by Crippen LogP contribution is -2.10. The number of allylic oxidation sites excluding steroid dienone is 2. The summed E-state index contributed by atoms with van der Waals surface area (Å²) in [6.45, 7) is 7.99. The smallest absolute Gasteiger partial charge is 0.0723 e. The van der Waals surface area contributed by atoms with E-state index >= 15 is 0 Å². The number of hydrogen-bond donors (Lipinski definition) is 0. The number of hydrogen-bond acceptors (Lipinski definition) is 3. The van der Waals surface area contributed by atoms with E-state index in [9.17, 15) is 0 Å². The van der Waals surface area contributed by atoms with Crippen LogP contribution in [0.15, 0.2) is 262 Å². The van der Waals surface area contributed by atoms with Crippen LogP contribution in [0, 0.1) is 0 Å². The van der Waals surface area contributed by atoms with Crippen molar-refractivity contribution in [1.82, 2.24) is 4.98 Å². The Kier molecular flexibility index (Phi) is 13.2. The second kappa shape index (κ2) is 20.3. The highest BCUT2D eigenvalue weighted by Crippen LogP contribution is 2.40. The number of nitrogens with zero attached hydrogens (tertiary/aromatic N) is 3. The van der Waals surface area contributed by atoms with Crippen LogP contribution < -0.4 is 9.80 Å². The van der Waals surface area contributed by atoms with Gasteiger partial charge in [0.25, 0.3) is 0 Å². The molecule has 0 amide bonds. The Morgan fingerprint density at radius 3 is 1.24 bits per heavy atom. The van der Waals surface area contributed by atoms with E-state index in [-0.39, 0.29) is 0 Å². The molecule has 66 heavy (non-hydrogen) atoms. The molecule has 0 saturated carbocycles. The first-order valence-corrected chi connectivity index (χ1v) is 22.4. The van der Waals surface area contributed by atoms with Gasteiger partial charge in [-0.05, 0) is 119 Å². The first-order chi connectivity index (χ1) is 32.5. The highest BCUT2D eigenvalue weighted by molar-refractivity contribution is 5.98. The van der Waals surface area contributed by atoms with Gasteiger partial charge in [0.2, 0.25) is 0 Å². The van der Waals surface area contributed by atoms with Gasteiger partial charge in [0.1, 0.15) is 0 Å². The zero-order valence-corrected chi connectivity index (χ0v) is 37.4. The van der Waals surface area contributed by atoms with E-state index in [1.807, 2.05) is 44.4 Å². The fourth-order valence-electron chi connectivity index (χ4n) is 8.41. The van der Waals surface area contributed by atoms with Crippen LogP contribution in [0.5, 0.6) is 0 Å². The van der Waals surface area contributed by atoms with Crippen molar-refractivity contribution in [2.75, 3.05) is 9.80 Å². The Morgan fingerprint density at radius 1 is 0.394 bits per heavy atom. The normalized spacial score (nSPS) is 10.9. The summed E-state index contributed by atoms with van der Waals surface area (Å²) in [5.74, 6) is 0. The maximum absolute atomic E-state index is 4.61. The number of para-hydroxylation sites is 1. The van der Waals surface area contributed by atoms with Crippen molar-refractivity contribution in [2.45, 2.75) is 13.8 Å². The molecular formula is C63H51N3. The van der Waals surface area contributed by atoms with Crippen LogP contribution in [0.2, 0.25) is 0 Å². The van der Waals surface area contributed by atoms with Gasteiger partial charge in [-0.3, -0.25) is 4.98 Å². The van der Waals surface area contributed by atoms with Crippen molar-refractivity contribution >= 4 is 56.5 Å². The summed E-state index contributed by atoms with van der Waals surface area (Å²) >= 11 is 0. The standard InChI is InChI=1S/C51H37N3.C12H14/c1-4-12-38(13-5-1)40-20-28-46(29-21-40)53(47-30-22-41(23-31-47)39-14-6-2-7-15-39)48-32-24-42(25-33-48)43-26-34-49(35-27-43)54(45-17-8-3-9-18-45)51-37-52-36-44-16-10-11-19-50(44)51;1-4-7-11-8-5-6-9-12(11)10(2)3/h1-37H;4-9H,2H2,1,3H3/b;7-4-. The second-order valence-corrected chi connectivity index (χ2v) is 16.2. The van der Waals surface area contributed by atoms with Gasteiger partial charge in [0, 0.05) is 45.4 Å². The van der Waals surface area contributed by atoms with Gasteiger partial charge >= 0.3 is 0 Å². The predicted molar refractivity (Wildman–Crippen MR) is 283 cm³/mol. The van der Waals surface area contributed by atoms with Crippen LogP contribution in [0.1, 0.15) is 25.0 Å². The Balaban J connectivity index is 0.000000399. The third kappa shape index (κ3) is 9.67. The number of pyridine rings is 1. The van der Waals surface area contributed by atoms with Gasteiger partial charge in [-0.15, -0.1) is 0 Å². The lowest BCUT2D eigenvalue weighted by molar-refractivity contribution is 1.25. The third-order valence-electron chi connectivity index (χ3n) is 11.7. The van der Waals surface area contributed by atoms with Crippen LogP contribution in [0.25, 0.3) is 55.8 Å². The summed E-state index contributed by atoms with van der Waals surface area (Å²) in [6.07, 6.45) is 8.03. The Labute approximate surface area is 389 Å². The van der Waals surface area contributed by atoms with Gasteiger partial charge in [-0.25, -0.2) is 0 Å². The molecule has 0 aliphatic rings. The van der Waals surface area contributed by atoms with E-state index in [2.05, 4.69) is 252 Å². The SMILES string of the molecule is C=C(C)c1ccccc1/C=C\C.c1ccc(-c2ccc(N(c3ccc(-c4ccccc4)cc3)c3ccc(-c4ccc(N(c5ccccc5)c5cncc6ccccc56)cc4)cc3)cc2)cc1. The molecule has 10 rings (SSSR count). The molecule has 0 saturated heterocycles. The number of anilines is 6. The largest absolute Gasteiger partial charge is 0.311 e. The summed E-state index contributed by atoms with van der Waals surface area (Å²) in [4.78, 5) is 9.22. The summed E-state index contributed by atoms with van der Waals surface area (Å²) in [6, 6.07) is 83.6. The van der Waals surface area contributed by atoms with Gasteiger partial charge in [-0.2, -0.15) is 0 Å². The average molecular weight is 850 g/mol. The highest BCUT2D eigenvalue weighted by Gasteiger charge is 2.17. The van der Waals surface area contributed by atoms with Crippen molar-refractivity contribution in [3.05, 3.63) is 273 Å². The summed E-state index contributed by atoms with van der Waals surface area (Å²) < 4.78 is 0.